The van der Waals surface area contributed by atoms with Crippen LogP contribution in [0, 0.1) is 0 Å². The number of nitrogens with one attached hydrogen (secondary N) is 3. The van der Waals surface area contributed by atoms with Crippen LogP contribution in [0.4, 0.5) is 10.8 Å². The maximum absolute atomic E-state index is 12.5. The molecule has 12 heteroatoms. The summed E-state index contributed by atoms with van der Waals surface area (Å²) in [6.45, 7) is 1.91. The van der Waals surface area contributed by atoms with Crippen LogP contribution in [0.3, 0.4) is 0 Å². The molecular formula is C18H17N5O4S3. The molecule has 3 rings (SSSR count). The zero-order valence-corrected chi connectivity index (χ0v) is 18.1. The number of hydrogen-bond acceptors (Lipinski definition) is 8. The molecule has 0 aliphatic heterocycles. The van der Waals surface area contributed by atoms with Crippen molar-refractivity contribution in [2.45, 2.75) is 18.2 Å². The fourth-order valence-corrected chi connectivity index (χ4v) is 4.32. The van der Waals surface area contributed by atoms with Gasteiger partial charge >= 0.3 is 0 Å². The average molecular weight is 464 g/mol. The molecule has 0 radical (unpaired) electrons. The highest BCUT2D eigenvalue weighted by Gasteiger charge is 2.16. The van der Waals surface area contributed by atoms with Crippen molar-refractivity contribution < 1.29 is 17.6 Å². The number of amides is 1. The fourth-order valence-electron chi connectivity index (χ4n) is 2.19. The highest BCUT2D eigenvalue weighted by atomic mass is 32.2. The van der Waals surface area contributed by atoms with Gasteiger partial charge in [-0.15, -0.1) is 10.2 Å². The predicted molar refractivity (Wildman–Crippen MR) is 119 cm³/mol. The summed E-state index contributed by atoms with van der Waals surface area (Å²) in [4.78, 5) is 11.9. The van der Waals surface area contributed by atoms with E-state index in [4.69, 9.17) is 16.6 Å². The fraction of sp³-hybridized carbons (Fsp3) is 0.111. The third kappa shape index (κ3) is 5.95. The van der Waals surface area contributed by atoms with E-state index < -0.39 is 15.9 Å². The Bertz CT molecular complexity index is 1150. The summed E-state index contributed by atoms with van der Waals surface area (Å²) in [6, 6.07) is 9.30. The third-order valence-electron chi connectivity index (χ3n) is 3.59. The van der Waals surface area contributed by atoms with Gasteiger partial charge in [-0.3, -0.25) is 14.8 Å². The maximum Gasteiger partial charge on any atom is 0.263 e. The van der Waals surface area contributed by atoms with Crippen molar-refractivity contribution in [2.24, 2.45) is 0 Å². The minimum Gasteiger partial charge on any atom is -0.465 e. The van der Waals surface area contributed by atoms with Crippen molar-refractivity contribution in [3.05, 3.63) is 59.5 Å². The predicted octanol–water partition coefficient (Wildman–Crippen LogP) is 3.02. The van der Waals surface area contributed by atoms with Gasteiger partial charge < -0.3 is 9.73 Å². The molecule has 0 saturated heterocycles. The quantitative estimate of drug-likeness (QED) is 0.361. The smallest absolute Gasteiger partial charge is 0.263 e. The number of benzene rings is 1. The molecule has 30 heavy (non-hydrogen) atoms. The van der Waals surface area contributed by atoms with Gasteiger partial charge in [0.25, 0.3) is 10.0 Å². The number of nitrogens with zero attached hydrogens (tertiary/aromatic N) is 2. The minimum atomic E-state index is -3.79. The first-order chi connectivity index (χ1) is 14.4. The zero-order chi connectivity index (χ0) is 21.6. The summed E-state index contributed by atoms with van der Waals surface area (Å²) < 4.78 is 32.4. The highest BCUT2D eigenvalue weighted by Crippen LogP contribution is 2.21. The monoisotopic (exact) mass is 463 g/mol. The molecular weight excluding hydrogens is 446 g/mol. The number of hydrogen-bond donors (Lipinski definition) is 3. The second-order valence-electron chi connectivity index (χ2n) is 5.78. The van der Waals surface area contributed by atoms with Crippen molar-refractivity contribution in [3.8, 4) is 0 Å². The Morgan fingerprint density at radius 1 is 1.23 bits per heavy atom. The Kier molecular flexibility index (Phi) is 6.92. The van der Waals surface area contributed by atoms with E-state index >= 15 is 0 Å². The van der Waals surface area contributed by atoms with E-state index in [9.17, 15) is 13.2 Å². The summed E-state index contributed by atoms with van der Waals surface area (Å²) in [5.41, 5.74) is 0.512. The number of carbonyl (C=O) groups is 1. The number of carbonyl (C=O) groups excluding carboxylic acids is 1. The van der Waals surface area contributed by atoms with Gasteiger partial charge in [0, 0.05) is 11.8 Å². The molecule has 2 heterocycles. The van der Waals surface area contributed by atoms with Crippen molar-refractivity contribution >= 4 is 61.5 Å². The van der Waals surface area contributed by atoms with E-state index in [1.165, 1.54) is 54.0 Å². The maximum atomic E-state index is 12.5. The summed E-state index contributed by atoms with van der Waals surface area (Å²) in [5.74, 6) is 0.102. The van der Waals surface area contributed by atoms with Crippen molar-refractivity contribution in [3.63, 3.8) is 0 Å². The highest BCUT2D eigenvalue weighted by molar-refractivity contribution is 7.93. The Morgan fingerprint density at radius 2 is 2.00 bits per heavy atom. The molecule has 2 aromatic heterocycles. The van der Waals surface area contributed by atoms with E-state index in [1.807, 2.05) is 6.92 Å². The van der Waals surface area contributed by atoms with Crippen LogP contribution in [-0.4, -0.2) is 29.6 Å². The standard InChI is InChI=1S/C18H17N5O4S3/c1-2-16-21-22-18(29-16)23-30(25,26)14-8-5-12(6-9-14)19-17(28)20-15(24)10-7-13-4-3-11-27-13/h3-11H,2H2,1H3,(H,22,23)(H2,19,20,24,28)/b10-7-. The summed E-state index contributed by atoms with van der Waals surface area (Å²) in [6.07, 6.45) is 4.96. The lowest BCUT2D eigenvalue weighted by Crippen LogP contribution is -2.32. The largest absolute Gasteiger partial charge is 0.465 e. The lowest BCUT2D eigenvalue weighted by Gasteiger charge is -2.09. The molecule has 0 saturated carbocycles. The summed E-state index contributed by atoms with van der Waals surface area (Å²) in [5, 5.41) is 14.0. The number of anilines is 2. The molecule has 0 aliphatic carbocycles. The van der Waals surface area contributed by atoms with E-state index in [2.05, 4.69) is 25.6 Å². The Morgan fingerprint density at radius 3 is 2.63 bits per heavy atom. The molecule has 3 aromatic rings. The molecule has 156 valence electrons. The zero-order valence-electron chi connectivity index (χ0n) is 15.7. The Hall–Kier alpha value is -3.09. The van der Waals surface area contributed by atoms with Crippen molar-refractivity contribution in [2.75, 3.05) is 10.0 Å². The number of sulfonamides is 1. The Balaban J connectivity index is 1.56. The number of aryl methyl sites for hydroxylation is 1. The minimum absolute atomic E-state index is 0.0534. The van der Waals surface area contributed by atoms with Gasteiger partial charge in [-0.05, 0) is 61.1 Å². The number of aromatic nitrogens is 2. The molecule has 3 N–H and O–H groups in total. The topological polar surface area (TPSA) is 126 Å². The van der Waals surface area contributed by atoms with Crippen LogP contribution in [0.5, 0.6) is 0 Å². The molecule has 0 atom stereocenters. The number of thiocarbonyl (C=S) groups is 1. The van der Waals surface area contributed by atoms with Crippen molar-refractivity contribution in [1.29, 1.82) is 0 Å². The molecule has 9 nitrogen and oxygen atoms in total. The first-order valence-corrected chi connectivity index (χ1v) is 11.4. The second-order valence-corrected chi connectivity index (χ2v) is 8.93. The molecule has 0 bridgehead atoms. The van der Waals surface area contributed by atoms with Crippen LogP contribution in [0.25, 0.3) is 6.08 Å². The molecule has 1 amide bonds. The lowest BCUT2D eigenvalue weighted by atomic mass is 10.3. The third-order valence-corrected chi connectivity index (χ3v) is 6.26. The van der Waals surface area contributed by atoms with Gasteiger partial charge in [-0.2, -0.15) is 0 Å². The first kappa shape index (κ1) is 21.6. The van der Waals surface area contributed by atoms with Crippen LogP contribution in [0.2, 0.25) is 0 Å². The average Bonchev–Trinajstić information content (AvgIpc) is 3.38. The van der Waals surface area contributed by atoms with Crippen LogP contribution >= 0.6 is 23.6 Å². The molecule has 0 unspecified atom stereocenters. The van der Waals surface area contributed by atoms with Crippen LogP contribution < -0.4 is 15.4 Å². The summed E-state index contributed by atoms with van der Waals surface area (Å²) in [7, 11) is -3.79. The van der Waals surface area contributed by atoms with Gasteiger partial charge in [-0.1, -0.05) is 18.3 Å². The van der Waals surface area contributed by atoms with E-state index in [0.717, 1.165) is 5.01 Å². The molecule has 0 fully saturated rings. The number of rotatable bonds is 7. The first-order valence-electron chi connectivity index (χ1n) is 8.64. The van der Waals surface area contributed by atoms with Crippen LogP contribution in [0.1, 0.15) is 17.7 Å². The second kappa shape index (κ2) is 9.61. The molecule has 0 aliphatic rings. The van der Waals surface area contributed by atoms with Gasteiger partial charge in [0.15, 0.2) is 5.11 Å². The summed E-state index contributed by atoms with van der Waals surface area (Å²) >= 11 is 6.27. The van der Waals surface area contributed by atoms with Crippen LogP contribution in [0.15, 0.2) is 58.1 Å². The molecule has 0 spiro atoms. The van der Waals surface area contributed by atoms with Gasteiger partial charge in [0.1, 0.15) is 10.8 Å². The van der Waals surface area contributed by atoms with E-state index in [-0.39, 0.29) is 15.1 Å². The van der Waals surface area contributed by atoms with Crippen molar-refractivity contribution in [1.82, 2.24) is 15.5 Å². The normalized spacial score (nSPS) is 11.4. The SMILES string of the molecule is CCc1nnc(NS(=O)(=O)c2ccc(NC(=S)NC(=O)/C=C\c3ccco3)cc2)s1. The van der Waals surface area contributed by atoms with E-state index in [1.54, 1.807) is 12.1 Å². The lowest BCUT2D eigenvalue weighted by molar-refractivity contribution is -0.115. The Labute approximate surface area is 182 Å². The van der Waals surface area contributed by atoms with Crippen LogP contribution in [-0.2, 0) is 21.2 Å². The van der Waals surface area contributed by atoms with Gasteiger partial charge in [-0.25, -0.2) is 8.42 Å². The van der Waals surface area contributed by atoms with E-state index in [0.29, 0.717) is 17.9 Å². The van der Waals surface area contributed by atoms with Gasteiger partial charge in [0.05, 0.1) is 11.2 Å². The number of furan rings is 1. The molecule has 1 aromatic carbocycles. The van der Waals surface area contributed by atoms with Gasteiger partial charge in [0.2, 0.25) is 11.0 Å².